The van der Waals surface area contributed by atoms with Crippen molar-refractivity contribution in [3.05, 3.63) is 17.0 Å². The van der Waals surface area contributed by atoms with E-state index in [1.807, 2.05) is 13.0 Å². The first-order chi connectivity index (χ1) is 9.48. The highest BCUT2D eigenvalue weighted by Crippen LogP contribution is 2.31. The van der Waals surface area contributed by atoms with Crippen LogP contribution in [0.3, 0.4) is 0 Å². The Kier molecular flexibility index (Phi) is 5.23. The normalized spacial score (nSPS) is 24.2. The molecule has 1 N–H and O–H groups in total. The van der Waals surface area contributed by atoms with Crippen molar-refractivity contribution in [2.45, 2.75) is 49.3 Å². The fourth-order valence-corrected chi connectivity index (χ4v) is 5.61. The van der Waals surface area contributed by atoms with E-state index in [0.717, 1.165) is 37.0 Å². The van der Waals surface area contributed by atoms with E-state index in [0.29, 0.717) is 10.1 Å². The van der Waals surface area contributed by atoms with Crippen LogP contribution in [-0.4, -0.2) is 37.5 Å². The molecule has 0 aromatic carbocycles. The number of thiophene rings is 1. The van der Waals surface area contributed by atoms with Crippen LogP contribution >= 0.6 is 11.3 Å². The molecule has 1 aliphatic rings. The summed E-state index contributed by atoms with van der Waals surface area (Å²) >= 11 is 1.37. The summed E-state index contributed by atoms with van der Waals surface area (Å²) in [5, 5.41) is 9.15. The summed E-state index contributed by atoms with van der Waals surface area (Å²) in [4.78, 5) is 1.10. The summed E-state index contributed by atoms with van der Waals surface area (Å²) in [6, 6.07) is 3.68. The van der Waals surface area contributed by atoms with Crippen molar-refractivity contribution in [2.75, 3.05) is 13.7 Å². The minimum atomic E-state index is -3.36. The predicted molar refractivity (Wildman–Crippen MR) is 81.5 cm³/mol. The zero-order valence-electron chi connectivity index (χ0n) is 12.1. The molecule has 0 unspecified atom stereocenters. The Morgan fingerprint density at radius 1 is 1.30 bits per heavy atom. The maximum Gasteiger partial charge on any atom is 0.252 e. The summed E-state index contributed by atoms with van der Waals surface area (Å²) in [5.41, 5.74) is 0. The van der Waals surface area contributed by atoms with Crippen molar-refractivity contribution in [3.8, 4) is 0 Å². The maximum atomic E-state index is 12.6. The lowest BCUT2D eigenvalue weighted by Crippen LogP contribution is -2.39. The number of aryl methyl sites for hydroxylation is 1. The molecule has 0 amide bonds. The molecule has 1 saturated carbocycles. The molecule has 0 radical (unpaired) electrons. The van der Waals surface area contributed by atoms with Crippen molar-refractivity contribution in [3.63, 3.8) is 0 Å². The van der Waals surface area contributed by atoms with Gasteiger partial charge in [0.1, 0.15) is 4.21 Å². The molecular weight excluding hydrogens is 294 g/mol. The molecular formula is C14H23NO3S2. The SMILES string of the molecule is CCc1ccc(S(=O)(=O)N(C)C2CCC(CO)CC2)s1. The van der Waals surface area contributed by atoms with E-state index in [4.69, 9.17) is 5.11 Å². The van der Waals surface area contributed by atoms with E-state index in [2.05, 4.69) is 0 Å². The van der Waals surface area contributed by atoms with E-state index in [9.17, 15) is 8.42 Å². The van der Waals surface area contributed by atoms with Crippen LogP contribution in [0.5, 0.6) is 0 Å². The third kappa shape index (κ3) is 3.24. The highest BCUT2D eigenvalue weighted by molar-refractivity contribution is 7.91. The highest BCUT2D eigenvalue weighted by Gasteiger charge is 2.32. The zero-order valence-corrected chi connectivity index (χ0v) is 13.7. The lowest BCUT2D eigenvalue weighted by molar-refractivity contribution is 0.159. The Hall–Kier alpha value is -0.430. The fraction of sp³-hybridized carbons (Fsp3) is 0.714. The summed E-state index contributed by atoms with van der Waals surface area (Å²) in [5.74, 6) is 0.343. The van der Waals surface area contributed by atoms with Gasteiger partial charge in [0.25, 0.3) is 10.0 Å². The first-order valence-corrected chi connectivity index (χ1v) is 9.42. The molecule has 6 heteroatoms. The van der Waals surface area contributed by atoms with Crippen LogP contribution in [0.2, 0.25) is 0 Å². The van der Waals surface area contributed by atoms with Gasteiger partial charge in [-0.2, -0.15) is 4.31 Å². The van der Waals surface area contributed by atoms with Gasteiger partial charge in [0.05, 0.1) is 0 Å². The smallest absolute Gasteiger partial charge is 0.252 e. The van der Waals surface area contributed by atoms with Crippen LogP contribution in [0.4, 0.5) is 0 Å². The molecule has 1 heterocycles. The van der Waals surface area contributed by atoms with Gasteiger partial charge in [0.2, 0.25) is 0 Å². The van der Waals surface area contributed by atoms with Crippen molar-refractivity contribution < 1.29 is 13.5 Å². The van der Waals surface area contributed by atoms with Crippen molar-refractivity contribution in [2.24, 2.45) is 5.92 Å². The molecule has 1 fully saturated rings. The lowest BCUT2D eigenvalue weighted by Gasteiger charge is -2.33. The molecule has 1 aromatic heterocycles. The van der Waals surface area contributed by atoms with Crippen LogP contribution in [0, 0.1) is 5.92 Å². The van der Waals surface area contributed by atoms with Crippen LogP contribution < -0.4 is 0 Å². The molecule has 0 bridgehead atoms. The van der Waals surface area contributed by atoms with Gasteiger partial charge in [0, 0.05) is 24.6 Å². The van der Waals surface area contributed by atoms with Gasteiger partial charge < -0.3 is 5.11 Å². The summed E-state index contributed by atoms with van der Waals surface area (Å²) in [6.45, 7) is 2.25. The van der Waals surface area contributed by atoms with Gasteiger partial charge in [0.15, 0.2) is 0 Å². The van der Waals surface area contributed by atoms with Gasteiger partial charge in [-0.15, -0.1) is 11.3 Å². The average molecular weight is 317 g/mol. The predicted octanol–water partition coefficient (Wildman–Crippen LogP) is 2.48. The van der Waals surface area contributed by atoms with Gasteiger partial charge in [-0.25, -0.2) is 8.42 Å². The molecule has 1 aromatic rings. The number of nitrogens with zero attached hydrogens (tertiary/aromatic N) is 1. The molecule has 4 nitrogen and oxygen atoms in total. The van der Waals surface area contributed by atoms with Crippen molar-refractivity contribution >= 4 is 21.4 Å². The van der Waals surface area contributed by atoms with Crippen molar-refractivity contribution in [1.29, 1.82) is 0 Å². The lowest BCUT2D eigenvalue weighted by atomic mass is 9.87. The van der Waals surface area contributed by atoms with E-state index in [-0.39, 0.29) is 12.6 Å². The largest absolute Gasteiger partial charge is 0.396 e. The van der Waals surface area contributed by atoms with E-state index >= 15 is 0 Å². The monoisotopic (exact) mass is 317 g/mol. The first-order valence-electron chi connectivity index (χ1n) is 7.16. The minimum absolute atomic E-state index is 0.0648. The number of hydrogen-bond donors (Lipinski definition) is 1. The van der Waals surface area contributed by atoms with Gasteiger partial charge in [-0.05, 0) is 50.2 Å². The van der Waals surface area contributed by atoms with E-state index < -0.39 is 10.0 Å². The molecule has 0 aliphatic heterocycles. The molecule has 0 spiro atoms. The minimum Gasteiger partial charge on any atom is -0.396 e. The zero-order chi connectivity index (χ0) is 14.8. The standard InChI is InChI=1S/C14H23NO3S2/c1-3-13-8-9-14(19-13)20(17,18)15(2)12-6-4-11(10-16)5-7-12/h8-9,11-12,16H,3-7,10H2,1-2H3. The van der Waals surface area contributed by atoms with Crippen LogP contribution in [0.15, 0.2) is 16.3 Å². The van der Waals surface area contributed by atoms with Crippen molar-refractivity contribution in [1.82, 2.24) is 4.31 Å². The Morgan fingerprint density at radius 3 is 2.45 bits per heavy atom. The third-order valence-electron chi connectivity index (χ3n) is 4.21. The molecule has 114 valence electrons. The molecule has 20 heavy (non-hydrogen) atoms. The summed E-state index contributed by atoms with van der Waals surface area (Å²) < 4.78 is 27.2. The van der Waals surface area contributed by atoms with Crippen LogP contribution in [-0.2, 0) is 16.4 Å². The Balaban J connectivity index is 2.09. The second-order valence-corrected chi connectivity index (χ2v) is 8.85. The fourth-order valence-electron chi connectivity index (χ4n) is 2.72. The summed E-state index contributed by atoms with van der Waals surface area (Å²) in [6.07, 6.45) is 4.36. The highest BCUT2D eigenvalue weighted by atomic mass is 32.2. The molecule has 0 saturated heterocycles. The summed E-state index contributed by atoms with van der Waals surface area (Å²) in [7, 11) is -1.68. The maximum absolute atomic E-state index is 12.6. The molecule has 2 rings (SSSR count). The van der Waals surface area contributed by atoms with E-state index in [1.165, 1.54) is 15.6 Å². The topological polar surface area (TPSA) is 57.6 Å². The average Bonchev–Trinajstić information content (AvgIpc) is 2.96. The Morgan fingerprint density at radius 2 is 1.95 bits per heavy atom. The van der Waals surface area contributed by atoms with Crippen LogP contribution in [0.1, 0.15) is 37.5 Å². The number of rotatable bonds is 5. The van der Waals surface area contributed by atoms with Crippen LogP contribution in [0.25, 0.3) is 0 Å². The second-order valence-electron chi connectivity index (χ2n) is 5.45. The third-order valence-corrected chi connectivity index (χ3v) is 7.81. The number of aliphatic hydroxyl groups excluding tert-OH is 1. The molecule has 1 aliphatic carbocycles. The number of sulfonamides is 1. The number of aliphatic hydroxyl groups is 1. The Labute approximate surface area is 125 Å². The quantitative estimate of drug-likeness (QED) is 0.907. The first kappa shape index (κ1) is 15.9. The second kappa shape index (κ2) is 6.56. The van der Waals surface area contributed by atoms with Gasteiger partial charge in [-0.3, -0.25) is 0 Å². The number of hydrogen-bond acceptors (Lipinski definition) is 4. The van der Waals surface area contributed by atoms with Gasteiger partial charge in [-0.1, -0.05) is 6.92 Å². The van der Waals surface area contributed by atoms with E-state index in [1.54, 1.807) is 13.1 Å². The molecule has 0 atom stereocenters. The Bertz CT molecular complexity index is 530. The van der Waals surface area contributed by atoms with Gasteiger partial charge >= 0.3 is 0 Å².